The first-order valence-electron chi connectivity index (χ1n) is 3.24. The molecular weight excluding hydrogens is 179 g/mol. The van der Waals surface area contributed by atoms with Crippen molar-refractivity contribution in [1.29, 1.82) is 0 Å². The van der Waals surface area contributed by atoms with Crippen LogP contribution in [0.25, 0.3) is 5.57 Å². The number of hydrogen-bond donors (Lipinski definition) is 0. The third-order valence-electron chi connectivity index (χ3n) is 1.42. The molecule has 1 aromatic carbocycles. The standard InChI is InChI=1S/C9H8Cl2/c1-7(6-10)8-4-2-3-5-9(8)11/h2-5H,1,6H2. The van der Waals surface area contributed by atoms with Crippen LogP contribution < -0.4 is 0 Å². The Kier molecular flexibility index (Phi) is 2.98. The van der Waals surface area contributed by atoms with E-state index >= 15 is 0 Å². The van der Waals surface area contributed by atoms with Gasteiger partial charge >= 0.3 is 0 Å². The highest BCUT2D eigenvalue weighted by molar-refractivity contribution is 6.33. The van der Waals surface area contributed by atoms with E-state index in [4.69, 9.17) is 23.2 Å². The maximum atomic E-state index is 5.88. The summed E-state index contributed by atoms with van der Waals surface area (Å²) >= 11 is 11.5. The molecule has 0 aliphatic carbocycles. The second-order valence-electron chi connectivity index (χ2n) is 2.22. The molecule has 0 radical (unpaired) electrons. The van der Waals surface area contributed by atoms with E-state index in [1.165, 1.54) is 0 Å². The Morgan fingerprint density at radius 1 is 1.36 bits per heavy atom. The molecule has 58 valence electrons. The Bertz CT molecular complexity index is 266. The number of halogens is 2. The molecule has 0 spiro atoms. The fourth-order valence-corrected chi connectivity index (χ4v) is 1.23. The van der Waals surface area contributed by atoms with Gasteiger partial charge in [0.05, 0.1) is 0 Å². The summed E-state index contributed by atoms with van der Waals surface area (Å²) in [6, 6.07) is 7.54. The zero-order valence-electron chi connectivity index (χ0n) is 5.98. The van der Waals surface area contributed by atoms with E-state index in [1.54, 1.807) is 0 Å². The number of hydrogen-bond acceptors (Lipinski definition) is 0. The average molecular weight is 187 g/mol. The predicted octanol–water partition coefficient (Wildman–Crippen LogP) is 3.59. The number of allylic oxidation sites excluding steroid dienone is 1. The number of alkyl halides is 1. The van der Waals surface area contributed by atoms with Crippen LogP contribution in [0.5, 0.6) is 0 Å². The molecule has 0 aliphatic heterocycles. The summed E-state index contributed by atoms with van der Waals surface area (Å²) in [5, 5.41) is 0.707. The molecule has 0 nitrogen and oxygen atoms in total. The summed E-state index contributed by atoms with van der Waals surface area (Å²) in [7, 11) is 0. The molecule has 0 aliphatic rings. The van der Waals surface area contributed by atoms with Crippen LogP contribution >= 0.6 is 23.2 Å². The lowest BCUT2D eigenvalue weighted by Crippen LogP contribution is -1.83. The topological polar surface area (TPSA) is 0 Å². The van der Waals surface area contributed by atoms with Crippen LogP contribution in [-0.4, -0.2) is 5.88 Å². The fraction of sp³-hybridized carbons (Fsp3) is 0.111. The Hall–Kier alpha value is -0.460. The van der Waals surface area contributed by atoms with Crippen LogP contribution in [0.4, 0.5) is 0 Å². The Balaban J connectivity index is 3.03. The Morgan fingerprint density at radius 2 is 2.00 bits per heavy atom. The van der Waals surface area contributed by atoms with Gasteiger partial charge in [0.1, 0.15) is 0 Å². The third-order valence-corrected chi connectivity index (χ3v) is 2.07. The zero-order chi connectivity index (χ0) is 8.27. The Labute approximate surface area is 76.4 Å². The lowest BCUT2D eigenvalue weighted by molar-refractivity contribution is 1.58. The maximum Gasteiger partial charge on any atom is 0.0481 e. The van der Waals surface area contributed by atoms with Gasteiger partial charge in [-0.05, 0) is 17.2 Å². The quantitative estimate of drug-likeness (QED) is 0.620. The smallest absolute Gasteiger partial charge is 0.0481 e. The molecule has 0 N–H and O–H groups in total. The van der Waals surface area contributed by atoms with E-state index in [-0.39, 0.29) is 0 Å². The van der Waals surface area contributed by atoms with Crippen molar-refractivity contribution in [2.24, 2.45) is 0 Å². The molecule has 1 rings (SSSR count). The SMILES string of the molecule is C=C(CCl)c1ccccc1Cl. The van der Waals surface area contributed by atoms with E-state index in [1.807, 2.05) is 24.3 Å². The first kappa shape index (κ1) is 8.63. The molecule has 0 atom stereocenters. The highest BCUT2D eigenvalue weighted by Crippen LogP contribution is 2.22. The van der Waals surface area contributed by atoms with Gasteiger partial charge in [-0.25, -0.2) is 0 Å². The molecule has 2 heteroatoms. The Morgan fingerprint density at radius 3 is 2.55 bits per heavy atom. The summed E-state index contributed by atoms with van der Waals surface area (Å²) in [6.45, 7) is 3.79. The van der Waals surface area contributed by atoms with Crippen LogP contribution in [0.15, 0.2) is 30.8 Å². The van der Waals surface area contributed by atoms with E-state index < -0.39 is 0 Å². The van der Waals surface area contributed by atoms with Gasteiger partial charge in [0.2, 0.25) is 0 Å². The zero-order valence-corrected chi connectivity index (χ0v) is 7.49. The molecule has 1 aromatic rings. The van der Waals surface area contributed by atoms with E-state index in [0.29, 0.717) is 10.9 Å². The van der Waals surface area contributed by atoms with E-state index in [9.17, 15) is 0 Å². The fourth-order valence-electron chi connectivity index (χ4n) is 0.820. The molecular formula is C9H8Cl2. The molecule has 0 amide bonds. The van der Waals surface area contributed by atoms with Crippen molar-refractivity contribution in [1.82, 2.24) is 0 Å². The van der Waals surface area contributed by atoms with Crippen LogP contribution in [-0.2, 0) is 0 Å². The molecule has 11 heavy (non-hydrogen) atoms. The van der Waals surface area contributed by atoms with E-state index in [2.05, 4.69) is 6.58 Å². The number of benzene rings is 1. The van der Waals surface area contributed by atoms with Crippen molar-refractivity contribution in [2.75, 3.05) is 5.88 Å². The van der Waals surface area contributed by atoms with Crippen LogP contribution in [0.1, 0.15) is 5.56 Å². The maximum absolute atomic E-state index is 5.88. The monoisotopic (exact) mass is 186 g/mol. The molecule has 0 heterocycles. The average Bonchev–Trinajstić information content (AvgIpc) is 2.04. The van der Waals surface area contributed by atoms with Gasteiger partial charge in [0.25, 0.3) is 0 Å². The van der Waals surface area contributed by atoms with E-state index in [0.717, 1.165) is 11.1 Å². The van der Waals surface area contributed by atoms with Crippen molar-refractivity contribution in [3.63, 3.8) is 0 Å². The molecule has 0 bridgehead atoms. The van der Waals surface area contributed by atoms with Crippen molar-refractivity contribution >= 4 is 28.8 Å². The minimum atomic E-state index is 0.420. The minimum Gasteiger partial charge on any atom is -0.122 e. The van der Waals surface area contributed by atoms with Crippen LogP contribution in [0.2, 0.25) is 5.02 Å². The van der Waals surface area contributed by atoms with Gasteiger partial charge in [0, 0.05) is 10.9 Å². The largest absolute Gasteiger partial charge is 0.122 e. The van der Waals surface area contributed by atoms with Gasteiger partial charge in [-0.2, -0.15) is 0 Å². The lowest BCUT2D eigenvalue weighted by Gasteiger charge is -2.02. The third kappa shape index (κ3) is 1.98. The molecule has 0 saturated carbocycles. The highest BCUT2D eigenvalue weighted by Gasteiger charge is 2.00. The van der Waals surface area contributed by atoms with Gasteiger partial charge in [-0.15, -0.1) is 11.6 Å². The van der Waals surface area contributed by atoms with Gasteiger partial charge in [0.15, 0.2) is 0 Å². The molecule has 0 saturated heterocycles. The lowest BCUT2D eigenvalue weighted by atomic mass is 10.1. The molecule has 0 aromatic heterocycles. The first-order chi connectivity index (χ1) is 5.25. The first-order valence-corrected chi connectivity index (χ1v) is 4.15. The predicted molar refractivity (Wildman–Crippen MR) is 51.2 cm³/mol. The molecule has 0 fully saturated rings. The minimum absolute atomic E-state index is 0.420. The normalized spacial score (nSPS) is 9.64. The van der Waals surface area contributed by atoms with Crippen molar-refractivity contribution in [3.05, 3.63) is 41.4 Å². The highest BCUT2D eigenvalue weighted by atomic mass is 35.5. The summed E-state index contributed by atoms with van der Waals surface area (Å²) < 4.78 is 0. The van der Waals surface area contributed by atoms with Crippen LogP contribution in [0.3, 0.4) is 0 Å². The van der Waals surface area contributed by atoms with Crippen LogP contribution in [0, 0.1) is 0 Å². The van der Waals surface area contributed by atoms with Crippen molar-refractivity contribution < 1.29 is 0 Å². The summed E-state index contributed by atoms with van der Waals surface area (Å²) in [5.74, 6) is 0.420. The van der Waals surface area contributed by atoms with Gasteiger partial charge < -0.3 is 0 Å². The summed E-state index contributed by atoms with van der Waals surface area (Å²) in [5.41, 5.74) is 1.79. The molecule has 0 unspecified atom stereocenters. The van der Waals surface area contributed by atoms with Gasteiger partial charge in [-0.1, -0.05) is 36.4 Å². The number of rotatable bonds is 2. The second kappa shape index (κ2) is 3.80. The van der Waals surface area contributed by atoms with Crippen molar-refractivity contribution in [2.45, 2.75) is 0 Å². The summed E-state index contributed by atoms with van der Waals surface area (Å²) in [4.78, 5) is 0. The van der Waals surface area contributed by atoms with Crippen molar-refractivity contribution in [3.8, 4) is 0 Å². The van der Waals surface area contributed by atoms with Gasteiger partial charge in [-0.3, -0.25) is 0 Å². The second-order valence-corrected chi connectivity index (χ2v) is 2.89. The summed E-state index contributed by atoms with van der Waals surface area (Å²) in [6.07, 6.45) is 0.